The zero-order valence-corrected chi connectivity index (χ0v) is 9.84. The van der Waals surface area contributed by atoms with Gasteiger partial charge in [0, 0.05) is 6.42 Å². The SMILES string of the molecule is CC=O.CCCCCCCCC(C)=O. The molecular weight excluding hydrogens is 176 g/mol. The molecule has 0 aliphatic heterocycles. The van der Waals surface area contributed by atoms with Crippen LogP contribution in [0.5, 0.6) is 0 Å². The van der Waals surface area contributed by atoms with Gasteiger partial charge in [0.25, 0.3) is 0 Å². The van der Waals surface area contributed by atoms with Gasteiger partial charge in [0.1, 0.15) is 12.1 Å². The molecule has 0 aliphatic rings. The number of Topliss-reactive ketones (excluding diaryl/α,β-unsaturated/α-hetero) is 1. The van der Waals surface area contributed by atoms with Crippen molar-refractivity contribution < 1.29 is 9.59 Å². The van der Waals surface area contributed by atoms with Gasteiger partial charge in [0.05, 0.1) is 0 Å². The molecule has 0 aromatic carbocycles. The van der Waals surface area contributed by atoms with E-state index in [0.29, 0.717) is 5.78 Å². The first-order chi connectivity index (χ1) is 6.68. The molecular formula is C12H24O2. The number of unbranched alkanes of at least 4 members (excludes halogenated alkanes) is 5. The number of aldehydes is 1. The van der Waals surface area contributed by atoms with Crippen LogP contribution in [0.1, 0.15) is 65.7 Å². The molecule has 2 nitrogen and oxygen atoms in total. The Morgan fingerprint density at radius 3 is 1.93 bits per heavy atom. The van der Waals surface area contributed by atoms with Gasteiger partial charge in [0.2, 0.25) is 0 Å². The third-order valence-corrected chi connectivity index (χ3v) is 1.88. The minimum Gasteiger partial charge on any atom is -0.304 e. The fourth-order valence-electron chi connectivity index (χ4n) is 1.15. The highest BCUT2D eigenvalue weighted by Crippen LogP contribution is 2.06. The lowest BCUT2D eigenvalue weighted by atomic mass is 10.1. The molecule has 0 aromatic rings. The van der Waals surface area contributed by atoms with Crippen LogP contribution in [0.4, 0.5) is 0 Å². The lowest BCUT2D eigenvalue weighted by Crippen LogP contribution is -1.88. The second-order valence-electron chi connectivity index (χ2n) is 3.46. The Morgan fingerprint density at radius 2 is 1.50 bits per heavy atom. The zero-order chi connectivity index (χ0) is 11.2. The molecule has 0 fully saturated rings. The fourth-order valence-corrected chi connectivity index (χ4v) is 1.15. The Hall–Kier alpha value is -0.660. The first-order valence-corrected chi connectivity index (χ1v) is 5.58. The molecule has 0 atom stereocenters. The summed E-state index contributed by atoms with van der Waals surface area (Å²) in [6, 6.07) is 0. The highest BCUT2D eigenvalue weighted by Gasteiger charge is 1.92. The smallest absolute Gasteiger partial charge is 0.129 e. The Kier molecular flexibility index (Phi) is 16.7. The number of carbonyl (C=O) groups excluding carboxylic acids is 2. The first-order valence-electron chi connectivity index (χ1n) is 5.58. The topological polar surface area (TPSA) is 34.1 Å². The molecule has 0 unspecified atom stereocenters. The van der Waals surface area contributed by atoms with E-state index in [1.165, 1.54) is 39.0 Å². The lowest BCUT2D eigenvalue weighted by Gasteiger charge is -1.97. The van der Waals surface area contributed by atoms with Crippen LogP contribution in [-0.2, 0) is 9.59 Å². The molecule has 0 spiro atoms. The van der Waals surface area contributed by atoms with Crippen LogP contribution >= 0.6 is 0 Å². The summed E-state index contributed by atoms with van der Waals surface area (Å²) in [4.78, 5) is 19.3. The van der Waals surface area contributed by atoms with Crippen molar-refractivity contribution in [2.75, 3.05) is 0 Å². The molecule has 0 saturated carbocycles. The first kappa shape index (κ1) is 15.8. The summed E-state index contributed by atoms with van der Waals surface area (Å²) in [5.74, 6) is 0.334. The average molecular weight is 200 g/mol. The number of ketones is 1. The van der Waals surface area contributed by atoms with E-state index in [9.17, 15) is 4.79 Å². The van der Waals surface area contributed by atoms with Crippen molar-refractivity contribution in [3.63, 3.8) is 0 Å². The summed E-state index contributed by atoms with van der Waals surface area (Å²) in [5, 5.41) is 0. The predicted molar refractivity (Wildman–Crippen MR) is 60.4 cm³/mol. The largest absolute Gasteiger partial charge is 0.304 e. The normalized spacial score (nSPS) is 8.79. The molecule has 0 N–H and O–H groups in total. The molecule has 0 amide bonds. The summed E-state index contributed by atoms with van der Waals surface area (Å²) in [7, 11) is 0. The standard InChI is InChI=1S/C10H20O.C2H4O/c1-3-4-5-6-7-8-9-10(2)11;1-2-3/h3-9H2,1-2H3;2H,1H3. The van der Waals surface area contributed by atoms with Gasteiger partial charge in [-0.05, 0) is 20.3 Å². The van der Waals surface area contributed by atoms with Gasteiger partial charge in [0.15, 0.2) is 0 Å². The van der Waals surface area contributed by atoms with E-state index in [0.717, 1.165) is 19.1 Å². The molecule has 0 rings (SSSR count). The Bertz CT molecular complexity index is 130. The summed E-state index contributed by atoms with van der Waals surface area (Å²) in [5.41, 5.74) is 0. The van der Waals surface area contributed by atoms with Gasteiger partial charge in [-0.3, -0.25) is 0 Å². The number of hydrogen-bond acceptors (Lipinski definition) is 2. The summed E-state index contributed by atoms with van der Waals surface area (Å²) < 4.78 is 0. The van der Waals surface area contributed by atoms with E-state index >= 15 is 0 Å². The average Bonchev–Trinajstić information content (AvgIpc) is 2.12. The van der Waals surface area contributed by atoms with Crippen LogP contribution in [0.3, 0.4) is 0 Å². The maximum absolute atomic E-state index is 10.5. The van der Waals surface area contributed by atoms with Crippen molar-refractivity contribution in [2.45, 2.75) is 65.7 Å². The molecule has 2 heteroatoms. The summed E-state index contributed by atoms with van der Waals surface area (Å²) in [6.07, 6.45) is 9.16. The predicted octanol–water partition coefficient (Wildman–Crippen LogP) is 3.53. The third-order valence-electron chi connectivity index (χ3n) is 1.88. The Balaban J connectivity index is 0. The molecule has 0 heterocycles. The van der Waals surface area contributed by atoms with Gasteiger partial charge in [-0.15, -0.1) is 0 Å². The summed E-state index contributed by atoms with van der Waals surface area (Å²) >= 11 is 0. The second kappa shape index (κ2) is 14.8. The van der Waals surface area contributed by atoms with E-state index in [-0.39, 0.29) is 0 Å². The fraction of sp³-hybridized carbons (Fsp3) is 0.833. The maximum atomic E-state index is 10.5. The van der Waals surface area contributed by atoms with Crippen molar-refractivity contribution in [1.29, 1.82) is 0 Å². The van der Waals surface area contributed by atoms with Crippen molar-refractivity contribution in [2.24, 2.45) is 0 Å². The van der Waals surface area contributed by atoms with Crippen molar-refractivity contribution >= 4 is 12.1 Å². The van der Waals surface area contributed by atoms with E-state index in [4.69, 9.17) is 4.79 Å². The maximum Gasteiger partial charge on any atom is 0.129 e. The Morgan fingerprint density at radius 1 is 1.07 bits per heavy atom. The van der Waals surface area contributed by atoms with Crippen LogP contribution < -0.4 is 0 Å². The van der Waals surface area contributed by atoms with Gasteiger partial charge in [-0.2, -0.15) is 0 Å². The van der Waals surface area contributed by atoms with E-state index in [1.54, 1.807) is 6.92 Å². The Labute approximate surface area is 88.1 Å². The number of hydrogen-bond donors (Lipinski definition) is 0. The molecule has 14 heavy (non-hydrogen) atoms. The van der Waals surface area contributed by atoms with Crippen molar-refractivity contribution in [3.05, 3.63) is 0 Å². The third kappa shape index (κ3) is 22.5. The molecule has 0 bridgehead atoms. The molecule has 0 saturated heterocycles. The van der Waals surface area contributed by atoms with Gasteiger partial charge >= 0.3 is 0 Å². The lowest BCUT2D eigenvalue weighted by molar-refractivity contribution is -0.117. The monoisotopic (exact) mass is 200 g/mol. The van der Waals surface area contributed by atoms with Crippen LogP contribution in [0.15, 0.2) is 0 Å². The van der Waals surface area contributed by atoms with E-state index in [2.05, 4.69) is 6.92 Å². The van der Waals surface area contributed by atoms with Gasteiger partial charge in [-0.25, -0.2) is 0 Å². The minimum atomic E-state index is 0.334. The number of carbonyl (C=O) groups is 2. The molecule has 84 valence electrons. The number of rotatable bonds is 7. The van der Waals surface area contributed by atoms with E-state index in [1.807, 2.05) is 0 Å². The van der Waals surface area contributed by atoms with Gasteiger partial charge in [-0.1, -0.05) is 39.0 Å². The quantitative estimate of drug-likeness (QED) is 0.465. The van der Waals surface area contributed by atoms with Crippen LogP contribution in [0, 0.1) is 0 Å². The second-order valence-corrected chi connectivity index (χ2v) is 3.46. The van der Waals surface area contributed by atoms with Crippen LogP contribution in [0.25, 0.3) is 0 Å². The zero-order valence-electron chi connectivity index (χ0n) is 9.84. The van der Waals surface area contributed by atoms with Crippen molar-refractivity contribution in [1.82, 2.24) is 0 Å². The van der Waals surface area contributed by atoms with Crippen LogP contribution in [0.2, 0.25) is 0 Å². The molecule has 0 aliphatic carbocycles. The van der Waals surface area contributed by atoms with E-state index < -0.39 is 0 Å². The molecule has 0 aromatic heterocycles. The highest BCUT2D eigenvalue weighted by atomic mass is 16.1. The van der Waals surface area contributed by atoms with Crippen molar-refractivity contribution in [3.8, 4) is 0 Å². The molecule has 0 radical (unpaired) electrons. The van der Waals surface area contributed by atoms with Crippen LogP contribution in [-0.4, -0.2) is 12.1 Å². The minimum absolute atomic E-state index is 0.334. The van der Waals surface area contributed by atoms with Gasteiger partial charge < -0.3 is 9.59 Å². The highest BCUT2D eigenvalue weighted by molar-refractivity contribution is 5.75. The summed E-state index contributed by atoms with van der Waals surface area (Å²) in [6.45, 7) is 5.33.